The summed E-state index contributed by atoms with van der Waals surface area (Å²) >= 11 is 5.07. The summed E-state index contributed by atoms with van der Waals surface area (Å²) in [5.74, 6) is 0. The topological polar surface area (TPSA) is 37.8 Å². The summed E-state index contributed by atoms with van der Waals surface area (Å²) in [6, 6.07) is 0.114. The molecule has 0 aromatic carbocycles. The maximum atomic E-state index is 11.9. The van der Waals surface area contributed by atoms with Crippen LogP contribution in [0.3, 0.4) is 0 Å². The van der Waals surface area contributed by atoms with Crippen LogP contribution in [0.5, 0.6) is 0 Å². The monoisotopic (exact) mass is 212 g/mol. The number of H-pyrrole nitrogens is 1. The molecule has 3 nitrogen and oxygen atoms in total. The van der Waals surface area contributed by atoms with Gasteiger partial charge in [-0.05, 0) is 32.5 Å². The van der Waals surface area contributed by atoms with Gasteiger partial charge in [0.15, 0.2) is 4.77 Å². The molecule has 0 saturated carbocycles. The Morgan fingerprint density at radius 1 is 1.57 bits per heavy atom. The summed E-state index contributed by atoms with van der Waals surface area (Å²) in [6.45, 7) is 5.97. The first-order valence-corrected chi connectivity index (χ1v) is 5.31. The molecule has 0 radical (unpaired) electrons. The number of nitrogens with one attached hydrogen (secondary N) is 1. The fourth-order valence-electron chi connectivity index (χ4n) is 1.44. The van der Waals surface area contributed by atoms with E-state index in [0.717, 1.165) is 18.4 Å². The molecule has 0 aliphatic heterocycles. The van der Waals surface area contributed by atoms with Crippen molar-refractivity contribution in [2.24, 2.45) is 0 Å². The quantitative estimate of drug-likeness (QED) is 0.781. The molecule has 0 saturated heterocycles. The Labute approximate surface area is 88.8 Å². The highest BCUT2D eigenvalue weighted by molar-refractivity contribution is 7.71. The van der Waals surface area contributed by atoms with Crippen molar-refractivity contribution in [1.82, 2.24) is 9.55 Å². The highest BCUT2D eigenvalue weighted by Crippen LogP contribution is 2.02. The summed E-state index contributed by atoms with van der Waals surface area (Å²) in [5.41, 5.74) is 0.861. The Kier molecular flexibility index (Phi) is 3.63. The van der Waals surface area contributed by atoms with Gasteiger partial charge < -0.3 is 4.98 Å². The molecule has 4 heteroatoms. The Morgan fingerprint density at radius 3 is 2.71 bits per heavy atom. The minimum atomic E-state index is 0.0469. The van der Waals surface area contributed by atoms with Gasteiger partial charge in [-0.25, -0.2) is 0 Å². The first-order valence-electron chi connectivity index (χ1n) is 4.91. The molecule has 0 atom stereocenters. The minimum absolute atomic E-state index is 0.0469. The maximum absolute atomic E-state index is 11.9. The third kappa shape index (κ3) is 2.12. The second kappa shape index (κ2) is 4.55. The van der Waals surface area contributed by atoms with Crippen LogP contribution in [-0.2, 0) is 6.42 Å². The predicted octanol–water partition coefficient (Wildman–Crippen LogP) is 2.44. The molecule has 1 aromatic rings. The van der Waals surface area contributed by atoms with E-state index in [0.29, 0.717) is 4.77 Å². The second-order valence-corrected chi connectivity index (χ2v) is 4.02. The lowest BCUT2D eigenvalue weighted by Crippen LogP contribution is -2.26. The summed E-state index contributed by atoms with van der Waals surface area (Å²) in [7, 11) is 0. The van der Waals surface area contributed by atoms with E-state index >= 15 is 0 Å². The molecule has 1 rings (SSSR count). The Morgan fingerprint density at radius 2 is 2.21 bits per heavy atom. The average Bonchev–Trinajstić information content (AvgIpc) is 2.10. The average molecular weight is 212 g/mol. The van der Waals surface area contributed by atoms with E-state index in [4.69, 9.17) is 12.2 Å². The lowest BCUT2D eigenvalue weighted by Gasteiger charge is -2.11. The second-order valence-electron chi connectivity index (χ2n) is 3.64. The Bertz CT molecular complexity index is 417. The third-order valence-electron chi connectivity index (χ3n) is 2.12. The van der Waals surface area contributed by atoms with E-state index in [2.05, 4.69) is 11.9 Å². The van der Waals surface area contributed by atoms with Crippen molar-refractivity contribution in [1.29, 1.82) is 0 Å². The van der Waals surface area contributed by atoms with E-state index in [1.54, 1.807) is 10.8 Å². The molecule has 0 aliphatic rings. The van der Waals surface area contributed by atoms with Gasteiger partial charge >= 0.3 is 0 Å². The van der Waals surface area contributed by atoms with Gasteiger partial charge in [-0.3, -0.25) is 9.36 Å². The van der Waals surface area contributed by atoms with Crippen LogP contribution in [0, 0.1) is 4.77 Å². The zero-order valence-electron chi connectivity index (χ0n) is 8.83. The molecular formula is C10H16N2OS. The Balaban J connectivity index is 3.34. The number of rotatable bonds is 3. The number of nitrogens with zero attached hydrogens (tertiary/aromatic N) is 1. The molecule has 0 amide bonds. The number of hydrogen-bond donors (Lipinski definition) is 1. The number of aromatic nitrogens is 2. The number of aromatic amines is 1. The smallest absolute Gasteiger partial charge is 0.257 e. The molecule has 0 unspecified atom stereocenters. The molecule has 14 heavy (non-hydrogen) atoms. The molecule has 0 fully saturated rings. The highest BCUT2D eigenvalue weighted by Gasteiger charge is 2.06. The first kappa shape index (κ1) is 11.2. The van der Waals surface area contributed by atoms with Crippen molar-refractivity contribution in [3.63, 3.8) is 0 Å². The lowest BCUT2D eigenvalue weighted by molar-refractivity contribution is 0.552. The van der Waals surface area contributed by atoms with Crippen molar-refractivity contribution in [3.8, 4) is 0 Å². The van der Waals surface area contributed by atoms with Crippen molar-refractivity contribution < 1.29 is 0 Å². The third-order valence-corrected chi connectivity index (χ3v) is 2.43. The van der Waals surface area contributed by atoms with Crippen molar-refractivity contribution in [2.75, 3.05) is 0 Å². The van der Waals surface area contributed by atoms with Crippen LogP contribution in [0.15, 0.2) is 11.0 Å². The molecule has 1 aromatic heterocycles. The van der Waals surface area contributed by atoms with Gasteiger partial charge in [-0.1, -0.05) is 13.3 Å². The zero-order valence-corrected chi connectivity index (χ0v) is 9.65. The van der Waals surface area contributed by atoms with Gasteiger partial charge in [-0.15, -0.1) is 0 Å². The van der Waals surface area contributed by atoms with E-state index in [1.165, 1.54) is 0 Å². The zero-order chi connectivity index (χ0) is 10.7. The molecule has 78 valence electrons. The predicted molar refractivity (Wildman–Crippen MR) is 60.3 cm³/mol. The van der Waals surface area contributed by atoms with Crippen LogP contribution >= 0.6 is 12.2 Å². The van der Waals surface area contributed by atoms with E-state index < -0.39 is 0 Å². The van der Waals surface area contributed by atoms with Crippen LogP contribution in [-0.4, -0.2) is 9.55 Å². The van der Waals surface area contributed by atoms with Crippen LogP contribution in [0.2, 0.25) is 0 Å². The van der Waals surface area contributed by atoms with Crippen molar-refractivity contribution >= 4 is 12.2 Å². The van der Waals surface area contributed by atoms with Crippen LogP contribution in [0.25, 0.3) is 0 Å². The normalized spacial score (nSPS) is 10.9. The van der Waals surface area contributed by atoms with Gasteiger partial charge in [0.1, 0.15) is 0 Å². The summed E-state index contributed by atoms with van der Waals surface area (Å²) in [5, 5.41) is 0. The molecule has 0 spiro atoms. The largest absolute Gasteiger partial charge is 0.338 e. The van der Waals surface area contributed by atoms with Gasteiger partial charge in [0.05, 0.1) is 0 Å². The SMILES string of the molecule is CCCc1c[nH]c(=S)n(C(C)C)c1=O. The molecule has 1 heterocycles. The molecule has 0 aliphatic carbocycles. The van der Waals surface area contributed by atoms with Crippen LogP contribution in [0.1, 0.15) is 38.8 Å². The van der Waals surface area contributed by atoms with E-state index in [-0.39, 0.29) is 11.6 Å². The summed E-state index contributed by atoms with van der Waals surface area (Å²) in [6.07, 6.45) is 3.50. The molecule has 1 N–H and O–H groups in total. The van der Waals surface area contributed by atoms with Gasteiger partial charge in [0, 0.05) is 17.8 Å². The van der Waals surface area contributed by atoms with Gasteiger partial charge in [0.25, 0.3) is 5.56 Å². The fourth-order valence-corrected chi connectivity index (χ4v) is 1.80. The lowest BCUT2D eigenvalue weighted by atomic mass is 10.2. The molecule has 0 bridgehead atoms. The maximum Gasteiger partial charge on any atom is 0.257 e. The summed E-state index contributed by atoms with van der Waals surface area (Å²) < 4.78 is 2.13. The standard InChI is InChI=1S/C10H16N2OS/c1-4-5-8-6-11-10(14)12(7(2)3)9(8)13/h6-7H,4-5H2,1-3H3,(H,11,14). The Hall–Kier alpha value is -0.900. The van der Waals surface area contributed by atoms with E-state index in [1.807, 2.05) is 13.8 Å². The van der Waals surface area contributed by atoms with Crippen molar-refractivity contribution in [2.45, 2.75) is 39.7 Å². The van der Waals surface area contributed by atoms with Gasteiger partial charge in [0.2, 0.25) is 0 Å². The van der Waals surface area contributed by atoms with Crippen LogP contribution < -0.4 is 5.56 Å². The number of aryl methyl sites for hydroxylation is 1. The molecular weight excluding hydrogens is 196 g/mol. The summed E-state index contributed by atoms with van der Waals surface area (Å²) in [4.78, 5) is 14.9. The first-order chi connectivity index (χ1) is 6.57. The van der Waals surface area contributed by atoms with E-state index in [9.17, 15) is 4.79 Å². The fraction of sp³-hybridized carbons (Fsp3) is 0.600. The number of hydrogen-bond acceptors (Lipinski definition) is 2. The van der Waals surface area contributed by atoms with Gasteiger partial charge in [-0.2, -0.15) is 0 Å². The van der Waals surface area contributed by atoms with Crippen LogP contribution in [0.4, 0.5) is 0 Å². The van der Waals surface area contributed by atoms with Crippen molar-refractivity contribution in [3.05, 3.63) is 26.9 Å². The highest BCUT2D eigenvalue weighted by atomic mass is 32.1. The minimum Gasteiger partial charge on any atom is -0.338 e.